The van der Waals surface area contributed by atoms with Gasteiger partial charge >= 0.3 is 6.09 Å². The number of nitrogens with one attached hydrogen (secondary N) is 1. The van der Waals surface area contributed by atoms with E-state index in [1.807, 2.05) is 0 Å². The van der Waals surface area contributed by atoms with Gasteiger partial charge in [-0.15, -0.1) is 0 Å². The lowest BCUT2D eigenvalue weighted by molar-refractivity contribution is -0.109. The molecule has 1 rings (SSSR count). The molecule has 0 saturated heterocycles. The third kappa shape index (κ3) is 6.01. The van der Waals surface area contributed by atoms with Gasteiger partial charge < -0.3 is 14.8 Å². The predicted octanol–water partition coefficient (Wildman–Crippen LogP) is 0.697. The van der Waals surface area contributed by atoms with Crippen molar-refractivity contribution in [1.29, 1.82) is 0 Å². The van der Waals surface area contributed by atoms with Gasteiger partial charge in [0, 0.05) is 6.26 Å². The maximum atomic E-state index is 11.4. The Bertz CT molecular complexity index is 526. The first kappa shape index (κ1) is 15.2. The Kier molecular flexibility index (Phi) is 5.50. The van der Waals surface area contributed by atoms with Crippen molar-refractivity contribution in [1.82, 2.24) is 5.32 Å². The highest BCUT2D eigenvalue weighted by atomic mass is 32.2. The SMILES string of the molecule is CS(=O)(=O)CCOC(=O)NC(C=O)c1ccccc1. The van der Waals surface area contributed by atoms with Crippen LogP contribution in [0.3, 0.4) is 0 Å². The average Bonchev–Trinajstić information content (AvgIpc) is 2.35. The Labute approximate surface area is 111 Å². The zero-order chi connectivity index (χ0) is 14.3. The summed E-state index contributed by atoms with van der Waals surface area (Å²) in [6.07, 6.45) is 0.796. The molecular weight excluding hydrogens is 270 g/mol. The molecule has 0 radical (unpaired) electrons. The van der Waals surface area contributed by atoms with Crippen LogP contribution in [0.4, 0.5) is 4.79 Å². The standard InChI is InChI=1S/C12H15NO5S/c1-19(16,17)8-7-18-12(15)13-11(9-14)10-5-3-2-4-6-10/h2-6,9,11H,7-8H2,1H3,(H,13,15). The largest absolute Gasteiger partial charge is 0.448 e. The third-order valence-electron chi connectivity index (χ3n) is 2.26. The Morgan fingerprint density at radius 2 is 2.00 bits per heavy atom. The molecule has 19 heavy (non-hydrogen) atoms. The molecule has 104 valence electrons. The lowest BCUT2D eigenvalue weighted by Gasteiger charge is -2.13. The average molecular weight is 285 g/mol. The van der Waals surface area contributed by atoms with Crippen LogP contribution < -0.4 is 5.32 Å². The van der Waals surface area contributed by atoms with E-state index in [1.165, 1.54) is 0 Å². The number of alkyl carbamates (subject to hydrolysis) is 1. The van der Waals surface area contributed by atoms with Crippen molar-refractivity contribution in [3.05, 3.63) is 35.9 Å². The van der Waals surface area contributed by atoms with Gasteiger partial charge in [-0.1, -0.05) is 30.3 Å². The Balaban J connectivity index is 2.48. The first-order chi connectivity index (χ1) is 8.92. The van der Waals surface area contributed by atoms with Crippen molar-refractivity contribution in [2.75, 3.05) is 18.6 Å². The van der Waals surface area contributed by atoms with E-state index >= 15 is 0 Å². The second-order valence-electron chi connectivity index (χ2n) is 3.93. The van der Waals surface area contributed by atoms with Crippen molar-refractivity contribution in [2.24, 2.45) is 0 Å². The minimum Gasteiger partial charge on any atom is -0.448 e. The Morgan fingerprint density at radius 1 is 1.37 bits per heavy atom. The molecule has 0 bridgehead atoms. The second kappa shape index (κ2) is 6.89. The van der Waals surface area contributed by atoms with Crippen LogP contribution in [0.5, 0.6) is 0 Å². The summed E-state index contributed by atoms with van der Waals surface area (Å²) in [6, 6.07) is 7.83. The Hall–Kier alpha value is -1.89. The topological polar surface area (TPSA) is 89.5 Å². The first-order valence-electron chi connectivity index (χ1n) is 5.53. The van der Waals surface area contributed by atoms with Gasteiger partial charge in [-0.25, -0.2) is 13.2 Å². The lowest BCUT2D eigenvalue weighted by Crippen LogP contribution is -2.31. The highest BCUT2D eigenvalue weighted by Crippen LogP contribution is 2.09. The van der Waals surface area contributed by atoms with Gasteiger partial charge in [0.2, 0.25) is 0 Å². The van der Waals surface area contributed by atoms with Gasteiger partial charge in [-0.2, -0.15) is 0 Å². The minimum atomic E-state index is -3.18. The number of carbonyl (C=O) groups excluding carboxylic acids is 2. The summed E-state index contributed by atoms with van der Waals surface area (Å²) in [5.41, 5.74) is 0.623. The second-order valence-corrected chi connectivity index (χ2v) is 6.19. The molecule has 0 heterocycles. The summed E-state index contributed by atoms with van der Waals surface area (Å²) in [6.45, 7) is -0.245. The maximum Gasteiger partial charge on any atom is 0.408 e. The lowest BCUT2D eigenvalue weighted by atomic mass is 10.1. The summed E-state index contributed by atoms with van der Waals surface area (Å²) in [4.78, 5) is 22.3. The summed E-state index contributed by atoms with van der Waals surface area (Å²) < 4.78 is 26.4. The third-order valence-corrected chi connectivity index (χ3v) is 3.16. The van der Waals surface area contributed by atoms with E-state index in [0.29, 0.717) is 11.8 Å². The van der Waals surface area contributed by atoms with Crippen LogP contribution in [0.15, 0.2) is 30.3 Å². The van der Waals surface area contributed by atoms with Crippen LogP contribution >= 0.6 is 0 Å². The van der Waals surface area contributed by atoms with Crippen LogP contribution in [0.2, 0.25) is 0 Å². The number of amides is 1. The van der Waals surface area contributed by atoms with Crippen molar-refractivity contribution in [3.8, 4) is 0 Å². The molecule has 1 atom stereocenters. The molecule has 0 saturated carbocycles. The zero-order valence-electron chi connectivity index (χ0n) is 10.4. The van der Waals surface area contributed by atoms with Crippen molar-refractivity contribution in [3.63, 3.8) is 0 Å². The number of benzene rings is 1. The molecule has 0 fully saturated rings. The fourth-order valence-corrected chi connectivity index (χ4v) is 1.70. The van der Waals surface area contributed by atoms with Gasteiger partial charge in [-0.05, 0) is 5.56 Å². The van der Waals surface area contributed by atoms with E-state index in [9.17, 15) is 18.0 Å². The number of carbonyl (C=O) groups is 2. The number of sulfone groups is 1. The molecule has 7 heteroatoms. The molecule has 1 aromatic carbocycles. The predicted molar refractivity (Wildman–Crippen MR) is 69.4 cm³/mol. The van der Waals surface area contributed by atoms with E-state index in [-0.39, 0.29) is 12.4 Å². The number of rotatable bonds is 6. The molecular formula is C12H15NO5S. The zero-order valence-corrected chi connectivity index (χ0v) is 11.2. The molecule has 0 aliphatic rings. The van der Waals surface area contributed by atoms with Crippen LogP contribution in [0, 0.1) is 0 Å². The molecule has 1 aromatic rings. The van der Waals surface area contributed by atoms with Crippen molar-refractivity contribution in [2.45, 2.75) is 6.04 Å². The van der Waals surface area contributed by atoms with Crippen LogP contribution in [-0.4, -0.2) is 39.4 Å². The van der Waals surface area contributed by atoms with E-state index in [2.05, 4.69) is 10.1 Å². The van der Waals surface area contributed by atoms with Crippen LogP contribution in [0.1, 0.15) is 11.6 Å². The number of ether oxygens (including phenoxy) is 1. The molecule has 0 aliphatic heterocycles. The first-order valence-corrected chi connectivity index (χ1v) is 7.59. The van der Waals surface area contributed by atoms with Crippen molar-refractivity contribution < 1.29 is 22.7 Å². The van der Waals surface area contributed by atoms with Gasteiger partial charge in [0.25, 0.3) is 0 Å². The smallest absolute Gasteiger partial charge is 0.408 e. The Morgan fingerprint density at radius 3 is 2.53 bits per heavy atom. The van der Waals surface area contributed by atoms with E-state index in [0.717, 1.165) is 6.26 Å². The van der Waals surface area contributed by atoms with Gasteiger partial charge in [0.1, 0.15) is 18.9 Å². The highest BCUT2D eigenvalue weighted by molar-refractivity contribution is 7.90. The number of hydrogen-bond acceptors (Lipinski definition) is 5. The molecule has 6 nitrogen and oxygen atoms in total. The molecule has 1 N–H and O–H groups in total. The fourth-order valence-electron chi connectivity index (χ4n) is 1.31. The quantitative estimate of drug-likeness (QED) is 0.777. The summed E-state index contributed by atoms with van der Waals surface area (Å²) in [7, 11) is -3.18. The van der Waals surface area contributed by atoms with Crippen molar-refractivity contribution >= 4 is 22.2 Å². The van der Waals surface area contributed by atoms with Gasteiger partial charge in [0.05, 0.1) is 5.75 Å². The van der Waals surface area contributed by atoms with Crippen LogP contribution in [0.25, 0.3) is 0 Å². The molecule has 0 spiro atoms. The molecule has 1 unspecified atom stereocenters. The normalized spacial score (nSPS) is 12.5. The number of aldehydes is 1. The monoisotopic (exact) mass is 285 g/mol. The molecule has 0 aromatic heterocycles. The van der Waals surface area contributed by atoms with E-state index < -0.39 is 22.0 Å². The molecule has 0 aliphatic carbocycles. The number of hydrogen-bond donors (Lipinski definition) is 1. The highest BCUT2D eigenvalue weighted by Gasteiger charge is 2.14. The summed E-state index contributed by atoms with van der Waals surface area (Å²) >= 11 is 0. The van der Waals surface area contributed by atoms with Gasteiger partial charge in [0.15, 0.2) is 9.84 Å². The van der Waals surface area contributed by atoms with Gasteiger partial charge in [-0.3, -0.25) is 0 Å². The van der Waals surface area contributed by atoms with E-state index in [4.69, 9.17) is 0 Å². The minimum absolute atomic E-state index is 0.245. The summed E-state index contributed by atoms with van der Waals surface area (Å²) in [5.74, 6) is -0.252. The molecule has 1 amide bonds. The van der Waals surface area contributed by atoms with E-state index in [1.54, 1.807) is 30.3 Å². The maximum absolute atomic E-state index is 11.4. The fraction of sp³-hybridized carbons (Fsp3) is 0.333. The van der Waals surface area contributed by atoms with Crippen LogP contribution in [-0.2, 0) is 19.4 Å². The summed E-state index contributed by atoms with van der Waals surface area (Å²) in [5, 5.41) is 2.35.